The van der Waals surface area contributed by atoms with Crippen LogP contribution in [0.3, 0.4) is 0 Å². The van der Waals surface area contributed by atoms with Crippen LogP contribution in [0.1, 0.15) is 18.2 Å². The van der Waals surface area contributed by atoms with Crippen molar-refractivity contribution in [3.63, 3.8) is 0 Å². The van der Waals surface area contributed by atoms with Gasteiger partial charge in [0, 0.05) is 22.4 Å². The average Bonchev–Trinajstić information content (AvgIpc) is 2.89. The monoisotopic (exact) mass is 265 g/mol. The maximum absolute atomic E-state index is 5.20. The fourth-order valence-electron chi connectivity index (χ4n) is 1.71. The minimum absolute atomic E-state index is 0.642. The molecule has 0 aliphatic carbocycles. The summed E-state index contributed by atoms with van der Waals surface area (Å²) in [6.45, 7) is 6.61. The number of aryl methyl sites for hydroxylation is 1. The fourth-order valence-corrected chi connectivity index (χ4v) is 2.89. The number of nitrogens with zero attached hydrogens (tertiary/aromatic N) is 2. The van der Waals surface area contributed by atoms with E-state index in [4.69, 9.17) is 12.2 Å². The van der Waals surface area contributed by atoms with Gasteiger partial charge in [-0.25, -0.2) is 0 Å². The summed E-state index contributed by atoms with van der Waals surface area (Å²) in [4.78, 5) is 1.39. The van der Waals surface area contributed by atoms with Gasteiger partial charge >= 0.3 is 0 Å². The Bertz CT molecular complexity index is 562. The van der Waals surface area contributed by atoms with E-state index in [9.17, 15) is 0 Å². The third-order valence-corrected chi connectivity index (χ3v) is 3.79. The highest BCUT2D eigenvalue weighted by Crippen LogP contribution is 2.25. The summed E-state index contributed by atoms with van der Waals surface area (Å²) in [7, 11) is 0. The van der Waals surface area contributed by atoms with Gasteiger partial charge in [-0.3, -0.25) is 9.67 Å². The van der Waals surface area contributed by atoms with Crippen LogP contribution in [0.4, 0.5) is 0 Å². The molecule has 5 heteroatoms. The molecule has 0 saturated carbocycles. The lowest BCUT2D eigenvalue weighted by Gasteiger charge is -2.00. The first-order valence-electron chi connectivity index (χ1n) is 5.60. The molecule has 0 atom stereocenters. The minimum atomic E-state index is 0.642. The molecule has 2 rings (SSSR count). The van der Waals surface area contributed by atoms with Crippen molar-refractivity contribution in [2.45, 2.75) is 26.3 Å². The largest absolute Gasteiger partial charge is 0.296 e. The first-order valence-corrected chi connectivity index (χ1v) is 6.89. The molecule has 0 saturated heterocycles. The molecule has 90 valence electrons. The Hall–Kier alpha value is -1.20. The van der Waals surface area contributed by atoms with Crippen LogP contribution in [0.25, 0.3) is 11.4 Å². The molecule has 0 amide bonds. The second kappa shape index (κ2) is 5.42. The second-order valence-electron chi connectivity index (χ2n) is 3.80. The van der Waals surface area contributed by atoms with Gasteiger partial charge in [0.05, 0.1) is 0 Å². The molecule has 0 aliphatic heterocycles. The smallest absolute Gasteiger partial charge is 0.195 e. The van der Waals surface area contributed by atoms with Crippen LogP contribution in [0.2, 0.25) is 0 Å². The first-order chi connectivity index (χ1) is 8.26. The molecule has 2 aromatic rings. The summed E-state index contributed by atoms with van der Waals surface area (Å²) >= 11 is 6.97. The number of hydrogen-bond donors (Lipinski definition) is 1. The number of H-pyrrole nitrogens is 1. The fraction of sp³-hybridized carbons (Fsp3) is 0.333. The van der Waals surface area contributed by atoms with Gasteiger partial charge in [0.2, 0.25) is 0 Å². The lowest BCUT2D eigenvalue weighted by Crippen LogP contribution is -1.97. The lowest BCUT2D eigenvalue weighted by molar-refractivity contribution is 0.814. The standard InChI is InChI=1S/C12H15N3S2/c1-3-5-10-7-9(8-17-10)11-13-14-12(16)15(11)6-4-2/h4,7-8H,2-3,5-6H2,1H3,(H,14,16). The van der Waals surface area contributed by atoms with Crippen molar-refractivity contribution in [3.8, 4) is 11.4 Å². The third-order valence-electron chi connectivity index (χ3n) is 2.48. The number of aromatic amines is 1. The maximum Gasteiger partial charge on any atom is 0.195 e. The van der Waals surface area contributed by atoms with Crippen molar-refractivity contribution in [2.75, 3.05) is 0 Å². The molecule has 0 aromatic carbocycles. The highest BCUT2D eigenvalue weighted by Gasteiger charge is 2.09. The van der Waals surface area contributed by atoms with Crippen molar-refractivity contribution >= 4 is 23.6 Å². The van der Waals surface area contributed by atoms with Gasteiger partial charge in [-0.05, 0) is 24.7 Å². The molecule has 1 N–H and O–H groups in total. The molecule has 0 fully saturated rings. The Morgan fingerprint density at radius 1 is 1.65 bits per heavy atom. The first kappa shape index (κ1) is 12.3. The van der Waals surface area contributed by atoms with Crippen LogP contribution in [0.5, 0.6) is 0 Å². The molecule has 2 heterocycles. The van der Waals surface area contributed by atoms with Gasteiger partial charge in [-0.15, -0.1) is 17.9 Å². The highest BCUT2D eigenvalue weighted by atomic mass is 32.1. The van der Waals surface area contributed by atoms with E-state index in [1.54, 1.807) is 11.3 Å². The zero-order chi connectivity index (χ0) is 12.3. The van der Waals surface area contributed by atoms with Gasteiger partial charge in [0.15, 0.2) is 10.6 Å². The molecule has 3 nitrogen and oxygen atoms in total. The number of nitrogens with one attached hydrogen (secondary N) is 1. The van der Waals surface area contributed by atoms with Crippen molar-refractivity contribution in [3.05, 3.63) is 33.7 Å². The average molecular weight is 265 g/mol. The molecular weight excluding hydrogens is 250 g/mol. The Kier molecular flexibility index (Phi) is 3.91. The Morgan fingerprint density at radius 2 is 2.47 bits per heavy atom. The van der Waals surface area contributed by atoms with E-state index in [-0.39, 0.29) is 0 Å². The van der Waals surface area contributed by atoms with E-state index in [1.807, 2.05) is 10.6 Å². The molecule has 0 radical (unpaired) electrons. The van der Waals surface area contributed by atoms with Crippen molar-refractivity contribution in [2.24, 2.45) is 0 Å². The maximum atomic E-state index is 5.20. The van der Waals surface area contributed by atoms with Gasteiger partial charge in [-0.2, -0.15) is 5.10 Å². The molecule has 2 aromatic heterocycles. The van der Waals surface area contributed by atoms with Crippen molar-refractivity contribution < 1.29 is 0 Å². The third kappa shape index (κ3) is 2.56. The molecule has 17 heavy (non-hydrogen) atoms. The van der Waals surface area contributed by atoms with Crippen molar-refractivity contribution in [1.29, 1.82) is 0 Å². The quantitative estimate of drug-likeness (QED) is 0.659. The van der Waals surface area contributed by atoms with E-state index in [0.717, 1.165) is 17.8 Å². The zero-order valence-electron chi connectivity index (χ0n) is 9.77. The summed E-state index contributed by atoms with van der Waals surface area (Å²) < 4.78 is 2.60. The summed E-state index contributed by atoms with van der Waals surface area (Å²) in [5.41, 5.74) is 1.13. The number of thiophene rings is 1. The predicted octanol–water partition coefficient (Wildman–Crippen LogP) is 3.81. The minimum Gasteiger partial charge on any atom is -0.296 e. The number of allylic oxidation sites excluding steroid dienone is 1. The highest BCUT2D eigenvalue weighted by molar-refractivity contribution is 7.71. The van der Waals surface area contributed by atoms with E-state index < -0.39 is 0 Å². The van der Waals surface area contributed by atoms with Gasteiger partial charge in [0.25, 0.3) is 0 Å². The second-order valence-corrected chi connectivity index (χ2v) is 5.19. The number of rotatable bonds is 5. The van der Waals surface area contributed by atoms with E-state index in [2.05, 4.69) is 35.1 Å². The molecule has 0 aliphatic rings. The zero-order valence-corrected chi connectivity index (χ0v) is 11.4. The molecule has 0 bridgehead atoms. The van der Waals surface area contributed by atoms with Crippen LogP contribution in [-0.2, 0) is 13.0 Å². The normalized spacial score (nSPS) is 10.6. The molecule has 0 spiro atoms. The van der Waals surface area contributed by atoms with Gasteiger partial charge in [-0.1, -0.05) is 19.4 Å². The topological polar surface area (TPSA) is 33.6 Å². The lowest BCUT2D eigenvalue weighted by atomic mass is 10.2. The van der Waals surface area contributed by atoms with Gasteiger partial charge < -0.3 is 0 Å². The van der Waals surface area contributed by atoms with E-state index in [0.29, 0.717) is 11.3 Å². The van der Waals surface area contributed by atoms with E-state index in [1.165, 1.54) is 11.3 Å². The van der Waals surface area contributed by atoms with Crippen LogP contribution in [0, 0.1) is 4.77 Å². The van der Waals surface area contributed by atoms with Crippen molar-refractivity contribution in [1.82, 2.24) is 14.8 Å². The molecule has 0 unspecified atom stereocenters. The SMILES string of the molecule is C=CCn1c(-c2csc(CCC)c2)n[nH]c1=S. The number of hydrogen-bond acceptors (Lipinski definition) is 3. The van der Waals surface area contributed by atoms with E-state index >= 15 is 0 Å². The summed E-state index contributed by atoms with van der Waals surface area (Å²) in [5.74, 6) is 0.897. The summed E-state index contributed by atoms with van der Waals surface area (Å²) in [6, 6.07) is 2.19. The van der Waals surface area contributed by atoms with Crippen LogP contribution >= 0.6 is 23.6 Å². The Labute approximate surface area is 110 Å². The van der Waals surface area contributed by atoms with Crippen LogP contribution < -0.4 is 0 Å². The molecular formula is C12H15N3S2. The number of aromatic nitrogens is 3. The summed E-state index contributed by atoms with van der Waals surface area (Å²) in [5, 5.41) is 9.25. The Balaban J connectivity index is 2.38. The van der Waals surface area contributed by atoms with Crippen LogP contribution in [0.15, 0.2) is 24.1 Å². The van der Waals surface area contributed by atoms with Gasteiger partial charge in [0.1, 0.15) is 0 Å². The van der Waals surface area contributed by atoms with Crippen LogP contribution in [-0.4, -0.2) is 14.8 Å². The summed E-state index contributed by atoms with van der Waals surface area (Å²) in [6.07, 6.45) is 4.12. The Morgan fingerprint density at radius 3 is 3.18 bits per heavy atom. The predicted molar refractivity (Wildman–Crippen MR) is 74.9 cm³/mol.